The number of fused-ring (bicyclic) bond motifs is 1. The van der Waals surface area contributed by atoms with Gasteiger partial charge in [0.25, 0.3) is 5.91 Å². The number of hydrogen-bond donors (Lipinski definition) is 2. The summed E-state index contributed by atoms with van der Waals surface area (Å²) in [6.45, 7) is 1.87. The Labute approximate surface area is 197 Å². The van der Waals surface area contributed by atoms with Crippen LogP contribution in [0.5, 0.6) is 0 Å². The number of alkyl halides is 6. The van der Waals surface area contributed by atoms with Gasteiger partial charge in [-0.05, 0) is 35.2 Å². The monoisotopic (exact) mass is 496 g/mol. The van der Waals surface area contributed by atoms with Crippen LogP contribution in [-0.2, 0) is 19.1 Å². The quantitative estimate of drug-likeness (QED) is 0.423. The van der Waals surface area contributed by atoms with Gasteiger partial charge in [-0.15, -0.1) is 0 Å². The lowest BCUT2D eigenvalue weighted by Crippen LogP contribution is -2.36. The molecule has 3 aromatic rings. The van der Waals surface area contributed by atoms with Gasteiger partial charge in [0.1, 0.15) is 11.4 Å². The van der Waals surface area contributed by atoms with Crippen molar-refractivity contribution in [3.8, 4) is 0 Å². The second-order valence-electron chi connectivity index (χ2n) is 8.31. The molecule has 2 heterocycles. The van der Waals surface area contributed by atoms with Crippen molar-refractivity contribution in [2.45, 2.75) is 50.7 Å². The number of hydrogen-bond acceptors (Lipinski definition) is 3. The smallest absolute Gasteiger partial charge is 0.363 e. The second kappa shape index (κ2) is 9.27. The van der Waals surface area contributed by atoms with Crippen LogP contribution in [0.4, 0.5) is 32.2 Å². The normalized spacial score (nSPS) is 18.0. The summed E-state index contributed by atoms with van der Waals surface area (Å²) in [4.78, 5) is 12.8. The first-order chi connectivity index (χ1) is 16.5. The number of rotatable bonds is 5. The van der Waals surface area contributed by atoms with Gasteiger partial charge in [0.15, 0.2) is 6.04 Å². The molecule has 2 N–H and O–H groups in total. The summed E-state index contributed by atoms with van der Waals surface area (Å²) < 4.78 is 80.5. The average molecular weight is 496 g/mol. The highest BCUT2D eigenvalue weighted by Gasteiger charge is 2.47. The van der Waals surface area contributed by atoms with Crippen molar-refractivity contribution in [1.82, 2.24) is 15.1 Å². The average Bonchev–Trinajstić information content (AvgIpc) is 3.25. The van der Waals surface area contributed by atoms with E-state index < -0.39 is 35.9 Å². The second-order valence-corrected chi connectivity index (χ2v) is 8.31. The molecule has 0 aliphatic carbocycles. The van der Waals surface area contributed by atoms with Crippen molar-refractivity contribution in [3.05, 3.63) is 82.5 Å². The van der Waals surface area contributed by atoms with Gasteiger partial charge in [0, 0.05) is 13.0 Å². The molecule has 1 aliphatic heterocycles. The summed E-state index contributed by atoms with van der Waals surface area (Å²) in [6.07, 6.45) is -7.51. The van der Waals surface area contributed by atoms with Crippen LogP contribution in [0, 0.1) is 0 Å². The van der Waals surface area contributed by atoms with Crippen LogP contribution in [0.3, 0.4) is 0 Å². The van der Waals surface area contributed by atoms with Crippen LogP contribution in [0.15, 0.2) is 54.7 Å². The standard InChI is InChI=1S/C24H22F6N4O/c1-2-14-3-7-16(8-4-14)19-11-20(24(28,29)30)34-21(33-19)18(13-32-34)22(35)31-12-15-5-9-17(10-6-15)23(25,26)27/h3-10,13,19-20,33H,2,11-12H2,1H3,(H,31,35)/t19-,20+/m1/s1. The van der Waals surface area contributed by atoms with E-state index in [9.17, 15) is 31.1 Å². The summed E-state index contributed by atoms with van der Waals surface area (Å²) in [5.41, 5.74) is 1.20. The molecule has 2 atom stereocenters. The van der Waals surface area contributed by atoms with Crippen LogP contribution >= 0.6 is 0 Å². The maximum atomic E-state index is 13.9. The van der Waals surface area contributed by atoms with Crippen molar-refractivity contribution in [3.63, 3.8) is 0 Å². The van der Waals surface area contributed by atoms with Gasteiger partial charge in [0.05, 0.1) is 17.8 Å². The molecule has 0 spiro atoms. The molecule has 0 saturated carbocycles. The number of amides is 1. The number of aryl methyl sites for hydroxylation is 1. The maximum Gasteiger partial charge on any atom is 0.416 e. The zero-order valence-corrected chi connectivity index (χ0v) is 18.5. The first kappa shape index (κ1) is 24.6. The SMILES string of the molecule is CCc1ccc([C@H]2C[C@@H](C(F)(F)F)n3ncc(C(=O)NCc4ccc(C(F)(F)F)cc4)c3N2)cc1. The van der Waals surface area contributed by atoms with E-state index in [4.69, 9.17) is 0 Å². The van der Waals surface area contributed by atoms with Crippen molar-refractivity contribution in [1.29, 1.82) is 0 Å². The Kier molecular flexibility index (Phi) is 6.52. The highest BCUT2D eigenvalue weighted by Crippen LogP contribution is 2.44. The van der Waals surface area contributed by atoms with Crippen molar-refractivity contribution >= 4 is 11.7 Å². The summed E-state index contributed by atoms with van der Waals surface area (Å²) >= 11 is 0. The van der Waals surface area contributed by atoms with Crippen molar-refractivity contribution in [2.75, 3.05) is 5.32 Å². The van der Waals surface area contributed by atoms with Gasteiger partial charge in [-0.25, -0.2) is 4.68 Å². The number of carbonyl (C=O) groups is 1. The molecule has 0 fully saturated rings. The van der Waals surface area contributed by atoms with E-state index in [0.717, 1.165) is 35.0 Å². The van der Waals surface area contributed by atoms with Gasteiger partial charge in [-0.3, -0.25) is 4.79 Å². The number of anilines is 1. The van der Waals surface area contributed by atoms with E-state index in [1.54, 1.807) is 12.1 Å². The lowest BCUT2D eigenvalue weighted by molar-refractivity contribution is -0.173. The molecule has 0 saturated heterocycles. The fourth-order valence-corrected chi connectivity index (χ4v) is 4.02. The zero-order chi connectivity index (χ0) is 25.4. The van der Waals surface area contributed by atoms with Crippen LogP contribution in [-0.4, -0.2) is 21.9 Å². The van der Waals surface area contributed by atoms with E-state index in [1.807, 2.05) is 19.1 Å². The third-order valence-electron chi connectivity index (χ3n) is 6.01. The van der Waals surface area contributed by atoms with Crippen LogP contribution in [0.1, 0.15) is 58.0 Å². The summed E-state index contributed by atoms with van der Waals surface area (Å²) in [5, 5.41) is 9.38. The van der Waals surface area contributed by atoms with Crippen LogP contribution < -0.4 is 10.6 Å². The molecule has 1 amide bonds. The third-order valence-corrected chi connectivity index (χ3v) is 6.01. The molecular formula is C24H22F6N4O. The molecule has 4 rings (SSSR count). The molecule has 0 bridgehead atoms. The molecule has 35 heavy (non-hydrogen) atoms. The number of benzene rings is 2. The number of halogens is 6. The Morgan fingerprint density at radius 2 is 1.66 bits per heavy atom. The minimum atomic E-state index is -4.58. The number of carbonyl (C=O) groups excluding carboxylic acids is 1. The van der Waals surface area contributed by atoms with E-state index in [1.165, 1.54) is 12.1 Å². The minimum absolute atomic E-state index is 0.0620. The Morgan fingerprint density at radius 3 is 2.23 bits per heavy atom. The van der Waals surface area contributed by atoms with Gasteiger partial charge in [-0.1, -0.05) is 43.3 Å². The summed E-state index contributed by atoms with van der Waals surface area (Å²) in [5.74, 6) is -0.755. The predicted octanol–water partition coefficient (Wildman–Crippen LogP) is 6.05. The Balaban J connectivity index is 1.55. The fourth-order valence-electron chi connectivity index (χ4n) is 4.02. The number of nitrogens with zero attached hydrogens (tertiary/aromatic N) is 2. The molecule has 1 aromatic heterocycles. The first-order valence-electron chi connectivity index (χ1n) is 10.9. The molecule has 5 nitrogen and oxygen atoms in total. The van der Waals surface area contributed by atoms with Gasteiger partial charge < -0.3 is 10.6 Å². The van der Waals surface area contributed by atoms with Crippen molar-refractivity contribution in [2.24, 2.45) is 0 Å². The van der Waals surface area contributed by atoms with E-state index >= 15 is 0 Å². The van der Waals surface area contributed by atoms with E-state index in [0.29, 0.717) is 11.1 Å². The maximum absolute atomic E-state index is 13.9. The zero-order valence-electron chi connectivity index (χ0n) is 18.5. The topological polar surface area (TPSA) is 59.0 Å². The Morgan fingerprint density at radius 1 is 1.03 bits per heavy atom. The van der Waals surface area contributed by atoms with Gasteiger partial charge >= 0.3 is 12.4 Å². The summed E-state index contributed by atoms with van der Waals surface area (Å²) in [7, 11) is 0. The highest BCUT2D eigenvalue weighted by molar-refractivity contribution is 5.98. The molecule has 0 radical (unpaired) electrons. The molecule has 0 unspecified atom stereocenters. The molecule has 11 heteroatoms. The third kappa shape index (κ3) is 5.28. The number of nitrogens with one attached hydrogen (secondary N) is 2. The van der Waals surface area contributed by atoms with E-state index in [-0.39, 0.29) is 24.3 Å². The molecular weight excluding hydrogens is 474 g/mol. The lowest BCUT2D eigenvalue weighted by Gasteiger charge is -2.34. The van der Waals surface area contributed by atoms with Crippen LogP contribution in [0.2, 0.25) is 0 Å². The van der Waals surface area contributed by atoms with Crippen molar-refractivity contribution < 1.29 is 31.1 Å². The minimum Gasteiger partial charge on any atom is -0.363 e. The predicted molar refractivity (Wildman–Crippen MR) is 117 cm³/mol. The first-order valence-corrected chi connectivity index (χ1v) is 10.9. The Bertz CT molecular complexity index is 1180. The molecule has 186 valence electrons. The molecule has 2 aromatic carbocycles. The lowest BCUT2D eigenvalue weighted by atomic mass is 9.95. The van der Waals surface area contributed by atoms with Crippen LogP contribution in [0.25, 0.3) is 0 Å². The highest BCUT2D eigenvalue weighted by atomic mass is 19.4. The summed E-state index contributed by atoms with van der Waals surface area (Å²) in [6, 6.07) is 8.85. The largest absolute Gasteiger partial charge is 0.416 e. The fraction of sp³-hybridized carbons (Fsp3) is 0.333. The Hall–Kier alpha value is -3.50. The van der Waals surface area contributed by atoms with Gasteiger partial charge in [0.2, 0.25) is 0 Å². The van der Waals surface area contributed by atoms with Gasteiger partial charge in [-0.2, -0.15) is 31.4 Å². The number of aromatic nitrogens is 2. The van der Waals surface area contributed by atoms with E-state index in [2.05, 4.69) is 15.7 Å². The molecule has 1 aliphatic rings.